The molecule has 0 spiro atoms. The van der Waals surface area contributed by atoms with Crippen LogP contribution in [0.15, 0.2) is 146 Å². The molecule has 0 bridgehead atoms. The second kappa shape index (κ2) is 12.6. The number of hydrogen-bond donors (Lipinski definition) is 0. The van der Waals surface area contributed by atoms with Gasteiger partial charge in [-0.2, -0.15) is 0 Å². The smallest absolute Gasteiger partial charge is 0.0541 e. The van der Waals surface area contributed by atoms with Crippen molar-refractivity contribution in [2.24, 2.45) is 0 Å². The Morgan fingerprint density at radius 2 is 0.833 bits per heavy atom. The third-order valence-electron chi connectivity index (χ3n) is 11.2. The van der Waals surface area contributed by atoms with Crippen LogP contribution in [-0.4, -0.2) is 19.1 Å². The second-order valence-electron chi connectivity index (χ2n) is 15.1. The summed E-state index contributed by atoms with van der Waals surface area (Å²) in [6.07, 6.45) is 12.3. The quantitative estimate of drug-likeness (QED) is 0.180. The molecule has 0 N–H and O–H groups in total. The van der Waals surface area contributed by atoms with Crippen LogP contribution >= 0.6 is 0 Å². The lowest BCUT2D eigenvalue weighted by Gasteiger charge is -2.16. The first kappa shape index (κ1) is 32.2. The third-order valence-corrected chi connectivity index (χ3v) is 11.2. The molecule has 1 aliphatic rings. The Labute approximate surface area is 315 Å². The van der Waals surface area contributed by atoms with Gasteiger partial charge in [-0.25, -0.2) is 0 Å². The summed E-state index contributed by atoms with van der Waals surface area (Å²) < 4.78 is 4.83. The van der Waals surface area contributed by atoms with Gasteiger partial charge in [-0.15, -0.1) is 0 Å². The minimum Gasteiger partial charge on any atom is -0.313 e. The molecule has 0 saturated heterocycles. The van der Waals surface area contributed by atoms with Gasteiger partial charge in [0.25, 0.3) is 0 Å². The number of hydrogen-bond acceptors (Lipinski definition) is 2. The van der Waals surface area contributed by atoms with E-state index in [9.17, 15) is 0 Å². The number of aromatic nitrogens is 4. The highest BCUT2D eigenvalue weighted by Crippen LogP contribution is 2.38. The van der Waals surface area contributed by atoms with Gasteiger partial charge in [0, 0.05) is 85.8 Å². The van der Waals surface area contributed by atoms with Gasteiger partial charge in [0.2, 0.25) is 0 Å². The second-order valence-corrected chi connectivity index (χ2v) is 15.1. The van der Waals surface area contributed by atoms with Crippen LogP contribution in [0.25, 0.3) is 83.5 Å². The Bertz CT molecular complexity index is 2900. The van der Waals surface area contributed by atoms with Crippen molar-refractivity contribution < 1.29 is 0 Å². The van der Waals surface area contributed by atoms with Crippen molar-refractivity contribution in [1.29, 1.82) is 0 Å². The fraction of sp³-hybridized carbons (Fsp3) is 0.120. The first-order valence-corrected chi connectivity index (χ1v) is 18.8. The number of aryl methyl sites for hydroxylation is 3. The van der Waals surface area contributed by atoms with Gasteiger partial charge in [-0.05, 0) is 124 Å². The SMILES string of the molecule is CC1=Cc2c(n(-c3ccc(-c4cncc(-c5cncc(-c6ccc(-n7c8ccc(C)cc8c8cc(C)ccc87)cc6)c5)c4)cc3)c3ccc(C)cc23)CC1. The molecule has 0 amide bonds. The molecular weight excluding hydrogens is 657 g/mol. The minimum atomic E-state index is 1.04. The Morgan fingerprint density at radius 3 is 1.33 bits per heavy atom. The van der Waals surface area contributed by atoms with Crippen molar-refractivity contribution >= 4 is 38.8 Å². The van der Waals surface area contributed by atoms with Gasteiger partial charge >= 0.3 is 0 Å². The molecular formula is C50H40N4. The molecule has 0 aliphatic heterocycles. The van der Waals surface area contributed by atoms with Crippen molar-refractivity contribution in [1.82, 2.24) is 19.1 Å². The molecule has 4 heteroatoms. The van der Waals surface area contributed by atoms with E-state index in [1.54, 1.807) is 0 Å². The van der Waals surface area contributed by atoms with E-state index in [0.717, 1.165) is 51.9 Å². The normalized spacial score (nSPS) is 12.8. The van der Waals surface area contributed by atoms with Crippen LogP contribution in [0.4, 0.5) is 0 Å². The monoisotopic (exact) mass is 696 g/mol. The Balaban J connectivity index is 0.954. The van der Waals surface area contributed by atoms with E-state index in [-0.39, 0.29) is 0 Å². The maximum atomic E-state index is 4.68. The zero-order valence-corrected chi connectivity index (χ0v) is 31.1. The summed E-state index contributed by atoms with van der Waals surface area (Å²) in [6.45, 7) is 8.75. The van der Waals surface area contributed by atoms with Crippen molar-refractivity contribution in [3.8, 4) is 44.8 Å². The van der Waals surface area contributed by atoms with Gasteiger partial charge in [0.15, 0.2) is 0 Å². The predicted octanol–water partition coefficient (Wildman–Crippen LogP) is 12.8. The average Bonchev–Trinajstić information content (AvgIpc) is 3.69. The van der Waals surface area contributed by atoms with Gasteiger partial charge in [-0.1, -0.05) is 70.8 Å². The van der Waals surface area contributed by atoms with E-state index in [2.05, 4.69) is 168 Å². The van der Waals surface area contributed by atoms with E-state index in [4.69, 9.17) is 0 Å². The lowest BCUT2D eigenvalue weighted by Crippen LogP contribution is -2.04. The van der Waals surface area contributed by atoms with E-state index in [1.165, 1.54) is 71.9 Å². The van der Waals surface area contributed by atoms with Gasteiger partial charge < -0.3 is 9.13 Å². The highest BCUT2D eigenvalue weighted by Gasteiger charge is 2.20. The summed E-state index contributed by atoms with van der Waals surface area (Å²) in [5.41, 5.74) is 20.6. The molecule has 54 heavy (non-hydrogen) atoms. The zero-order valence-electron chi connectivity index (χ0n) is 31.1. The number of fused-ring (bicyclic) bond motifs is 6. The average molecular weight is 697 g/mol. The summed E-state index contributed by atoms with van der Waals surface area (Å²) >= 11 is 0. The predicted molar refractivity (Wildman–Crippen MR) is 226 cm³/mol. The molecule has 0 saturated carbocycles. The van der Waals surface area contributed by atoms with Crippen LogP contribution in [0.2, 0.25) is 0 Å². The molecule has 0 radical (unpaired) electrons. The van der Waals surface area contributed by atoms with Crippen LogP contribution in [0.3, 0.4) is 0 Å². The molecule has 4 aromatic heterocycles. The molecule has 260 valence electrons. The van der Waals surface area contributed by atoms with Crippen LogP contribution in [0.5, 0.6) is 0 Å². The van der Waals surface area contributed by atoms with Crippen LogP contribution in [0, 0.1) is 20.8 Å². The van der Waals surface area contributed by atoms with Crippen molar-refractivity contribution in [3.63, 3.8) is 0 Å². The number of benzene rings is 5. The van der Waals surface area contributed by atoms with Gasteiger partial charge in [0.05, 0.1) is 16.6 Å². The zero-order chi connectivity index (χ0) is 36.5. The number of rotatable bonds is 5. The van der Waals surface area contributed by atoms with E-state index in [0.29, 0.717) is 0 Å². The van der Waals surface area contributed by atoms with Crippen molar-refractivity contribution in [2.45, 2.75) is 40.5 Å². The van der Waals surface area contributed by atoms with Gasteiger partial charge in [-0.3, -0.25) is 9.97 Å². The lowest BCUT2D eigenvalue weighted by atomic mass is 9.96. The molecule has 1 aliphatic carbocycles. The largest absolute Gasteiger partial charge is 0.313 e. The molecule has 10 rings (SSSR count). The molecule has 9 aromatic rings. The standard InChI is InChI=1S/C50H40N4/c1-31-5-17-47-43(21-31)44-22-32(2)6-18-48(44)53(47)41-13-9-35(10-14-41)37-25-39(29-51-27-37)40-26-38(28-52-30-40)36-11-15-42(16-12-36)54-49-19-7-33(3)23-45(49)46-24-34(4)8-20-50(46)54/h5-7,9-19,21-30H,8,20H2,1-4H3. The van der Waals surface area contributed by atoms with Crippen LogP contribution in [0.1, 0.15) is 41.3 Å². The number of allylic oxidation sites excluding steroid dienone is 1. The van der Waals surface area contributed by atoms with Crippen LogP contribution in [-0.2, 0) is 6.42 Å². The van der Waals surface area contributed by atoms with Crippen molar-refractivity contribution in [2.75, 3.05) is 0 Å². The molecule has 4 nitrogen and oxygen atoms in total. The first-order chi connectivity index (χ1) is 26.4. The Morgan fingerprint density at radius 1 is 0.407 bits per heavy atom. The third kappa shape index (κ3) is 5.37. The highest BCUT2D eigenvalue weighted by atomic mass is 15.0. The van der Waals surface area contributed by atoms with E-state index in [1.807, 2.05) is 24.8 Å². The lowest BCUT2D eigenvalue weighted by molar-refractivity contribution is 0.856. The Kier molecular flexibility index (Phi) is 7.48. The summed E-state index contributed by atoms with van der Waals surface area (Å²) in [6, 6.07) is 42.6. The maximum absolute atomic E-state index is 4.68. The molecule has 0 atom stereocenters. The molecule has 5 aromatic carbocycles. The fourth-order valence-electron chi connectivity index (χ4n) is 8.46. The summed E-state index contributed by atoms with van der Waals surface area (Å²) in [5, 5.41) is 3.92. The summed E-state index contributed by atoms with van der Waals surface area (Å²) in [7, 11) is 0. The molecule has 4 heterocycles. The first-order valence-electron chi connectivity index (χ1n) is 18.8. The fourth-order valence-corrected chi connectivity index (χ4v) is 8.46. The highest BCUT2D eigenvalue weighted by molar-refractivity contribution is 6.09. The minimum absolute atomic E-state index is 1.04. The van der Waals surface area contributed by atoms with E-state index >= 15 is 0 Å². The number of nitrogens with zero attached hydrogens (tertiary/aromatic N) is 4. The molecule has 0 unspecified atom stereocenters. The van der Waals surface area contributed by atoms with Crippen LogP contribution < -0.4 is 0 Å². The summed E-state index contributed by atoms with van der Waals surface area (Å²) in [5.74, 6) is 0. The molecule has 0 fully saturated rings. The summed E-state index contributed by atoms with van der Waals surface area (Å²) in [4.78, 5) is 9.37. The Hall–Kier alpha value is -6.52. The topological polar surface area (TPSA) is 35.6 Å². The maximum Gasteiger partial charge on any atom is 0.0541 e. The number of pyridine rings is 2. The van der Waals surface area contributed by atoms with Crippen molar-refractivity contribution in [3.05, 3.63) is 174 Å². The van der Waals surface area contributed by atoms with E-state index < -0.39 is 0 Å². The van der Waals surface area contributed by atoms with Gasteiger partial charge in [0.1, 0.15) is 0 Å².